The van der Waals surface area contributed by atoms with E-state index in [2.05, 4.69) is 6.58 Å². The molecule has 2 aromatic rings. The maximum absolute atomic E-state index is 10.9. The van der Waals surface area contributed by atoms with Crippen LogP contribution in [-0.4, -0.2) is 5.11 Å². The summed E-state index contributed by atoms with van der Waals surface area (Å²) in [7, 11) is 0. The number of aliphatic hydroxyl groups is 1. The Morgan fingerprint density at radius 2 is 1.85 bits per heavy atom. The van der Waals surface area contributed by atoms with Gasteiger partial charge in [-0.05, 0) is 29.3 Å². The fraction of sp³-hybridized carbons (Fsp3) is 0.111. The zero-order valence-electron chi connectivity index (χ0n) is 11.2. The Labute approximate surface area is 124 Å². The number of benzene rings is 2. The lowest BCUT2D eigenvalue weighted by Crippen LogP contribution is -2.21. The maximum Gasteiger partial charge on any atom is 0.111 e. The van der Waals surface area contributed by atoms with Gasteiger partial charge in [0.2, 0.25) is 0 Å². The van der Waals surface area contributed by atoms with E-state index < -0.39 is 5.60 Å². The molecule has 20 heavy (non-hydrogen) atoms. The van der Waals surface area contributed by atoms with Crippen LogP contribution in [-0.2, 0) is 5.60 Å². The first kappa shape index (κ1) is 14.6. The highest BCUT2D eigenvalue weighted by Crippen LogP contribution is 2.29. The topological polar surface area (TPSA) is 20.2 Å². The van der Waals surface area contributed by atoms with Gasteiger partial charge in [0.05, 0.1) is 0 Å². The van der Waals surface area contributed by atoms with Gasteiger partial charge in [0.1, 0.15) is 5.60 Å². The minimum atomic E-state index is -1.09. The van der Waals surface area contributed by atoms with E-state index in [4.69, 9.17) is 11.6 Å². The zero-order valence-corrected chi connectivity index (χ0v) is 11.9. The highest BCUT2D eigenvalue weighted by molar-refractivity contribution is 6.30. The van der Waals surface area contributed by atoms with E-state index in [1.807, 2.05) is 48.5 Å². The fourth-order valence-corrected chi connectivity index (χ4v) is 2.25. The Bertz CT molecular complexity index is 604. The molecular formula is C18H17ClO. The second-order valence-electron chi connectivity index (χ2n) is 4.67. The third-order valence-electron chi connectivity index (χ3n) is 3.13. The Hall–Kier alpha value is -1.83. The summed E-state index contributed by atoms with van der Waals surface area (Å²) in [6.07, 6.45) is 5.83. The van der Waals surface area contributed by atoms with Gasteiger partial charge in [-0.3, -0.25) is 0 Å². The summed E-state index contributed by atoms with van der Waals surface area (Å²) in [6.45, 7) is 3.72. The first-order chi connectivity index (χ1) is 9.64. The van der Waals surface area contributed by atoms with Crippen molar-refractivity contribution in [2.24, 2.45) is 0 Å². The molecule has 0 aliphatic carbocycles. The molecule has 2 rings (SSSR count). The number of hydrogen-bond acceptors (Lipinski definition) is 1. The molecule has 102 valence electrons. The summed E-state index contributed by atoms with van der Waals surface area (Å²) >= 11 is 6.01. The molecule has 2 heteroatoms. The maximum atomic E-state index is 10.9. The first-order valence-electron chi connectivity index (χ1n) is 6.48. The largest absolute Gasteiger partial charge is 0.381 e. The predicted molar refractivity (Wildman–Crippen MR) is 85.6 cm³/mol. The molecule has 0 spiro atoms. The van der Waals surface area contributed by atoms with Crippen LogP contribution in [0.15, 0.2) is 73.3 Å². The summed E-state index contributed by atoms with van der Waals surface area (Å²) in [5.74, 6) is 0. The SMILES string of the molecule is C=CC[C@@](O)(/C=C/c1ccccc1)c1cccc(Cl)c1. The van der Waals surface area contributed by atoms with E-state index in [9.17, 15) is 5.11 Å². The van der Waals surface area contributed by atoms with Gasteiger partial charge in [0.15, 0.2) is 0 Å². The molecule has 0 saturated heterocycles. The molecule has 1 N–H and O–H groups in total. The molecule has 0 amide bonds. The van der Waals surface area contributed by atoms with Gasteiger partial charge in [-0.15, -0.1) is 6.58 Å². The van der Waals surface area contributed by atoms with E-state index in [-0.39, 0.29) is 0 Å². The average Bonchev–Trinajstić information content (AvgIpc) is 2.47. The molecule has 2 aromatic carbocycles. The van der Waals surface area contributed by atoms with Crippen LogP contribution in [0.2, 0.25) is 5.02 Å². The smallest absolute Gasteiger partial charge is 0.111 e. The second-order valence-corrected chi connectivity index (χ2v) is 5.11. The lowest BCUT2D eigenvalue weighted by atomic mass is 9.89. The number of halogens is 1. The van der Waals surface area contributed by atoms with Crippen molar-refractivity contribution < 1.29 is 5.11 Å². The predicted octanol–water partition coefficient (Wildman–Crippen LogP) is 4.82. The Kier molecular flexibility index (Phi) is 4.78. The van der Waals surface area contributed by atoms with Crippen LogP contribution in [0, 0.1) is 0 Å². The van der Waals surface area contributed by atoms with Crippen molar-refractivity contribution in [1.29, 1.82) is 0 Å². The van der Waals surface area contributed by atoms with Crippen LogP contribution in [0.3, 0.4) is 0 Å². The molecule has 0 fully saturated rings. The Morgan fingerprint density at radius 1 is 1.10 bits per heavy atom. The zero-order chi connectivity index (χ0) is 14.4. The molecule has 0 heterocycles. The van der Waals surface area contributed by atoms with Crippen LogP contribution in [0.1, 0.15) is 17.5 Å². The van der Waals surface area contributed by atoms with E-state index in [1.165, 1.54) is 0 Å². The van der Waals surface area contributed by atoms with Gasteiger partial charge < -0.3 is 5.11 Å². The van der Waals surface area contributed by atoms with E-state index in [1.54, 1.807) is 24.3 Å². The highest BCUT2D eigenvalue weighted by Gasteiger charge is 2.24. The van der Waals surface area contributed by atoms with Crippen LogP contribution in [0.25, 0.3) is 6.08 Å². The van der Waals surface area contributed by atoms with Gasteiger partial charge in [0, 0.05) is 11.4 Å². The third-order valence-corrected chi connectivity index (χ3v) is 3.37. The van der Waals surface area contributed by atoms with Crippen LogP contribution in [0.4, 0.5) is 0 Å². The summed E-state index contributed by atoms with van der Waals surface area (Å²) in [5.41, 5.74) is 0.705. The van der Waals surface area contributed by atoms with Gasteiger partial charge in [-0.1, -0.05) is 66.2 Å². The van der Waals surface area contributed by atoms with Crippen molar-refractivity contribution in [3.8, 4) is 0 Å². The number of hydrogen-bond donors (Lipinski definition) is 1. The molecule has 0 aliphatic heterocycles. The van der Waals surface area contributed by atoms with Crippen molar-refractivity contribution in [2.45, 2.75) is 12.0 Å². The van der Waals surface area contributed by atoms with Crippen molar-refractivity contribution in [3.63, 3.8) is 0 Å². The van der Waals surface area contributed by atoms with Gasteiger partial charge >= 0.3 is 0 Å². The van der Waals surface area contributed by atoms with E-state index >= 15 is 0 Å². The average molecular weight is 285 g/mol. The normalized spacial score (nSPS) is 14.1. The summed E-state index contributed by atoms with van der Waals surface area (Å²) < 4.78 is 0. The standard InChI is InChI=1S/C18H17ClO/c1-2-12-18(20,16-9-6-10-17(19)14-16)13-11-15-7-4-3-5-8-15/h2-11,13-14,20H,1,12H2/b13-11+/t18-/m1/s1. The molecular weight excluding hydrogens is 268 g/mol. The Balaban J connectivity index is 2.34. The van der Waals surface area contributed by atoms with Gasteiger partial charge in [0.25, 0.3) is 0 Å². The van der Waals surface area contributed by atoms with Crippen molar-refractivity contribution >= 4 is 17.7 Å². The molecule has 0 saturated carbocycles. The lowest BCUT2D eigenvalue weighted by Gasteiger charge is -2.24. The molecule has 0 aromatic heterocycles. The minimum Gasteiger partial charge on any atom is -0.381 e. The molecule has 1 atom stereocenters. The fourth-order valence-electron chi connectivity index (χ4n) is 2.06. The quantitative estimate of drug-likeness (QED) is 0.781. The molecule has 1 nitrogen and oxygen atoms in total. The van der Waals surface area contributed by atoms with E-state index in [0.717, 1.165) is 11.1 Å². The van der Waals surface area contributed by atoms with Crippen LogP contribution >= 0.6 is 11.6 Å². The minimum absolute atomic E-state index is 0.427. The summed E-state index contributed by atoms with van der Waals surface area (Å²) in [5, 5.41) is 11.5. The number of rotatable bonds is 5. The van der Waals surface area contributed by atoms with Crippen LogP contribution < -0.4 is 0 Å². The molecule has 0 aliphatic rings. The third kappa shape index (κ3) is 3.60. The monoisotopic (exact) mass is 284 g/mol. The lowest BCUT2D eigenvalue weighted by molar-refractivity contribution is 0.0938. The van der Waals surface area contributed by atoms with Crippen molar-refractivity contribution in [3.05, 3.63) is 89.5 Å². The van der Waals surface area contributed by atoms with E-state index in [0.29, 0.717) is 11.4 Å². The highest BCUT2D eigenvalue weighted by atomic mass is 35.5. The second kappa shape index (κ2) is 6.56. The van der Waals surface area contributed by atoms with Gasteiger partial charge in [-0.25, -0.2) is 0 Å². The first-order valence-corrected chi connectivity index (χ1v) is 6.85. The molecule has 0 radical (unpaired) electrons. The Morgan fingerprint density at radius 3 is 2.50 bits per heavy atom. The van der Waals surface area contributed by atoms with Crippen LogP contribution in [0.5, 0.6) is 0 Å². The van der Waals surface area contributed by atoms with Crippen molar-refractivity contribution in [1.82, 2.24) is 0 Å². The molecule has 0 bridgehead atoms. The summed E-state index contributed by atoms with van der Waals surface area (Å²) in [6, 6.07) is 17.1. The van der Waals surface area contributed by atoms with Gasteiger partial charge in [-0.2, -0.15) is 0 Å². The summed E-state index contributed by atoms with van der Waals surface area (Å²) in [4.78, 5) is 0. The molecule has 0 unspecified atom stereocenters. The van der Waals surface area contributed by atoms with Crippen molar-refractivity contribution in [2.75, 3.05) is 0 Å².